The summed E-state index contributed by atoms with van der Waals surface area (Å²) in [4.78, 5) is 16.1. The van der Waals surface area contributed by atoms with Gasteiger partial charge in [-0.1, -0.05) is 46.1 Å². The molecule has 26 heavy (non-hydrogen) atoms. The number of anilines is 1. The number of hydrogen-bond acceptors (Lipinski definition) is 5. The molecule has 6 nitrogen and oxygen atoms in total. The van der Waals surface area contributed by atoms with Gasteiger partial charge in [-0.05, 0) is 45.9 Å². The van der Waals surface area contributed by atoms with Gasteiger partial charge in [0.25, 0.3) is 9.70 Å². The normalized spacial score (nSPS) is 13.2. The zero-order chi connectivity index (χ0) is 19.9. The highest BCUT2D eigenvalue weighted by Gasteiger charge is 2.32. The van der Waals surface area contributed by atoms with Crippen molar-refractivity contribution in [2.75, 3.05) is 5.32 Å². The summed E-state index contributed by atoms with van der Waals surface area (Å²) in [7, 11) is -3.67. The number of benzene rings is 1. The van der Waals surface area contributed by atoms with Crippen LogP contribution in [0.5, 0.6) is 0 Å². The van der Waals surface area contributed by atoms with Crippen LogP contribution >= 0.6 is 46.1 Å². The fourth-order valence-corrected chi connectivity index (χ4v) is 5.54. The second kappa shape index (κ2) is 7.77. The first-order chi connectivity index (χ1) is 11.8. The van der Waals surface area contributed by atoms with E-state index >= 15 is 0 Å². The third-order valence-electron chi connectivity index (χ3n) is 3.43. The number of aromatic nitrogens is 1. The third kappa shape index (κ3) is 4.61. The lowest BCUT2D eigenvalue weighted by molar-refractivity contribution is -0.115. The van der Waals surface area contributed by atoms with E-state index in [1.54, 1.807) is 6.07 Å². The molecule has 0 aliphatic carbocycles. The van der Waals surface area contributed by atoms with Crippen molar-refractivity contribution in [1.82, 2.24) is 9.29 Å². The van der Waals surface area contributed by atoms with Crippen LogP contribution in [0.2, 0.25) is 0 Å². The molecule has 11 heteroatoms. The number of nitrogens with one attached hydrogen (secondary N) is 1. The predicted octanol–water partition coefficient (Wildman–Crippen LogP) is 4.41. The molecular weight excluding hydrogens is 441 g/mol. The van der Waals surface area contributed by atoms with Crippen molar-refractivity contribution in [2.45, 2.75) is 48.5 Å². The molecule has 2 rings (SSSR count). The molecule has 1 heterocycles. The highest BCUT2D eigenvalue weighted by atomic mass is 35.6. The number of thiazole rings is 1. The van der Waals surface area contributed by atoms with Crippen molar-refractivity contribution in [2.24, 2.45) is 0 Å². The molecule has 1 amide bonds. The van der Waals surface area contributed by atoms with Crippen LogP contribution < -0.4 is 5.32 Å². The van der Waals surface area contributed by atoms with Crippen molar-refractivity contribution in [3.05, 3.63) is 18.2 Å². The first-order valence-corrected chi connectivity index (χ1v) is 11.1. The minimum atomic E-state index is -3.67. The van der Waals surface area contributed by atoms with Gasteiger partial charge >= 0.3 is 0 Å². The average molecular weight is 459 g/mol. The van der Waals surface area contributed by atoms with E-state index in [9.17, 15) is 13.2 Å². The van der Waals surface area contributed by atoms with Crippen molar-refractivity contribution >= 4 is 77.4 Å². The van der Waals surface area contributed by atoms with E-state index in [2.05, 4.69) is 10.3 Å². The van der Waals surface area contributed by atoms with E-state index in [-0.39, 0.29) is 22.1 Å². The Morgan fingerprint density at radius 2 is 1.77 bits per heavy atom. The van der Waals surface area contributed by atoms with Gasteiger partial charge < -0.3 is 0 Å². The Labute approximate surface area is 171 Å². The fraction of sp³-hybridized carbons (Fsp3) is 0.467. The smallest absolute Gasteiger partial charge is 0.278 e. The quantitative estimate of drug-likeness (QED) is 0.673. The van der Waals surface area contributed by atoms with Gasteiger partial charge in [-0.3, -0.25) is 10.1 Å². The van der Waals surface area contributed by atoms with E-state index in [4.69, 9.17) is 34.8 Å². The molecule has 0 bridgehead atoms. The second-order valence-corrected chi connectivity index (χ2v) is 11.3. The van der Waals surface area contributed by atoms with Crippen molar-refractivity contribution in [3.8, 4) is 0 Å². The van der Waals surface area contributed by atoms with Crippen LogP contribution in [0.15, 0.2) is 23.1 Å². The van der Waals surface area contributed by atoms with Crippen LogP contribution in [-0.2, 0) is 14.8 Å². The number of carbonyl (C=O) groups excluding carboxylic acids is 1. The summed E-state index contributed by atoms with van der Waals surface area (Å²) < 4.78 is 25.9. The lowest BCUT2D eigenvalue weighted by Crippen LogP contribution is -2.41. The van der Waals surface area contributed by atoms with Gasteiger partial charge in [0.2, 0.25) is 10.0 Å². The van der Waals surface area contributed by atoms with Crippen LogP contribution in [0, 0.1) is 0 Å². The Kier molecular flexibility index (Phi) is 6.47. The van der Waals surface area contributed by atoms with Crippen LogP contribution in [0.25, 0.3) is 10.2 Å². The summed E-state index contributed by atoms with van der Waals surface area (Å²) in [5.74, 6) is -0.833. The molecule has 0 aliphatic rings. The summed E-state index contributed by atoms with van der Waals surface area (Å²) in [5, 5.41) is 2.62. The number of halogens is 3. The van der Waals surface area contributed by atoms with Crippen molar-refractivity contribution in [3.63, 3.8) is 0 Å². The molecule has 0 atom stereocenters. The maximum Gasteiger partial charge on any atom is 0.278 e. The van der Waals surface area contributed by atoms with Crippen LogP contribution in [0.3, 0.4) is 0 Å². The minimum Gasteiger partial charge on any atom is -0.298 e. The van der Waals surface area contributed by atoms with Gasteiger partial charge in [0, 0.05) is 12.1 Å². The second-order valence-electron chi connectivity index (χ2n) is 6.12. The van der Waals surface area contributed by atoms with Gasteiger partial charge in [0.05, 0.1) is 15.1 Å². The van der Waals surface area contributed by atoms with Crippen molar-refractivity contribution < 1.29 is 13.2 Å². The molecule has 0 radical (unpaired) electrons. The Hall–Kier alpha value is -0.640. The first kappa shape index (κ1) is 21.7. The van der Waals surface area contributed by atoms with E-state index in [0.717, 1.165) is 11.3 Å². The summed E-state index contributed by atoms with van der Waals surface area (Å²) in [6.45, 7) is 7.31. The Balaban J connectivity index is 2.42. The number of hydrogen-bond donors (Lipinski definition) is 1. The maximum atomic E-state index is 13.0. The number of rotatable bonds is 5. The molecule has 0 spiro atoms. The molecule has 1 aromatic heterocycles. The van der Waals surface area contributed by atoms with Gasteiger partial charge in [-0.25, -0.2) is 13.4 Å². The average Bonchev–Trinajstić information content (AvgIpc) is 2.85. The summed E-state index contributed by atoms with van der Waals surface area (Å²) in [6, 6.07) is 4.25. The van der Waals surface area contributed by atoms with Crippen molar-refractivity contribution in [1.29, 1.82) is 0 Å². The topological polar surface area (TPSA) is 79.4 Å². The van der Waals surface area contributed by atoms with Crippen LogP contribution in [0.1, 0.15) is 27.7 Å². The molecular formula is C15H18Cl3N3O3S2. The number of fused-ring (bicyclic) bond motifs is 1. The van der Waals surface area contributed by atoms with E-state index < -0.39 is 19.7 Å². The lowest BCUT2D eigenvalue weighted by atomic mass is 10.3. The molecule has 2 aromatic rings. The number of alkyl halides is 3. The molecule has 0 fully saturated rings. The van der Waals surface area contributed by atoms with E-state index in [0.29, 0.717) is 10.2 Å². The van der Waals surface area contributed by atoms with Crippen LogP contribution in [-0.4, -0.2) is 39.5 Å². The first-order valence-electron chi connectivity index (χ1n) is 7.66. The SMILES string of the molecule is CC(C)N(C(C)C)S(=O)(=O)c1ccc2nc(NC(=O)C(Cl)(Cl)Cl)sc2c1. The summed E-state index contributed by atoms with van der Waals surface area (Å²) >= 11 is 17.7. The number of nitrogens with zero attached hydrogens (tertiary/aromatic N) is 2. The van der Waals surface area contributed by atoms with Crippen LogP contribution in [0.4, 0.5) is 5.13 Å². The highest BCUT2D eigenvalue weighted by Crippen LogP contribution is 2.32. The molecule has 0 saturated heterocycles. The molecule has 144 valence electrons. The zero-order valence-electron chi connectivity index (χ0n) is 14.5. The molecule has 0 unspecified atom stereocenters. The fourth-order valence-electron chi connectivity index (χ4n) is 2.56. The highest BCUT2D eigenvalue weighted by molar-refractivity contribution is 7.89. The largest absolute Gasteiger partial charge is 0.298 e. The lowest BCUT2D eigenvalue weighted by Gasteiger charge is -2.29. The summed E-state index contributed by atoms with van der Waals surface area (Å²) in [6.07, 6.45) is 0. The number of amides is 1. The zero-order valence-corrected chi connectivity index (χ0v) is 18.4. The number of sulfonamides is 1. The molecule has 1 aromatic carbocycles. The minimum absolute atomic E-state index is 0.162. The van der Waals surface area contributed by atoms with Gasteiger partial charge in [-0.15, -0.1) is 0 Å². The Morgan fingerprint density at radius 3 is 2.27 bits per heavy atom. The van der Waals surface area contributed by atoms with E-state index in [1.807, 2.05) is 27.7 Å². The Bertz CT molecular complexity index is 913. The Morgan fingerprint density at radius 1 is 1.19 bits per heavy atom. The summed E-state index contributed by atoms with van der Waals surface area (Å²) in [5.41, 5.74) is 0.536. The predicted molar refractivity (Wildman–Crippen MR) is 108 cm³/mol. The standard InChI is InChI=1S/C15H18Cl3N3O3S2/c1-8(2)21(9(3)4)26(23,24)10-5-6-11-12(7-10)25-14(19-11)20-13(22)15(16,17)18/h5-9H,1-4H3,(H,19,20,22). The molecule has 0 saturated carbocycles. The maximum absolute atomic E-state index is 13.0. The van der Waals surface area contributed by atoms with E-state index in [1.165, 1.54) is 16.4 Å². The third-order valence-corrected chi connectivity index (χ3v) is 7.13. The van der Waals surface area contributed by atoms with Gasteiger partial charge in [-0.2, -0.15) is 4.31 Å². The molecule has 0 aliphatic heterocycles. The molecule has 1 N–H and O–H groups in total. The monoisotopic (exact) mass is 457 g/mol. The van der Waals surface area contributed by atoms with Gasteiger partial charge in [0.1, 0.15) is 0 Å². The number of carbonyl (C=O) groups is 1. The van der Waals surface area contributed by atoms with Gasteiger partial charge in [0.15, 0.2) is 5.13 Å².